The Morgan fingerprint density at radius 2 is 2.07 bits per heavy atom. The third kappa shape index (κ3) is 3.09. The number of carbonyl (C=O) groups excluding carboxylic acids is 1. The molecule has 0 radical (unpaired) electrons. The van der Waals surface area contributed by atoms with Gasteiger partial charge in [-0.3, -0.25) is 4.79 Å². The lowest BCUT2D eigenvalue weighted by Gasteiger charge is -2.35. The van der Waals surface area contributed by atoms with Crippen LogP contribution in [0.2, 0.25) is 0 Å². The molecule has 1 aliphatic rings. The number of fused-ring (bicyclic) bond motifs is 1. The minimum atomic E-state index is -0.455. The maximum absolute atomic E-state index is 12.9. The zero-order valence-corrected chi connectivity index (χ0v) is 15.6. The molecule has 0 saturated carbocycles. The van der Waals surface area contributed by atoms with E-state index in [2.05, 4.69) is 15.3 Å². The Bertz CT molecular complexity index is 1010. The van der Waals surface area contributed by atoms with Gasteiger partial charge in [-0.25, -0.2) is 4.98 Å². The van der Waals surface area contributed by atoms with Gasteiger partial charge in [0.15, 0.2) is 17.3 Å². The average Bonchev–Trinajstić information content (AvgIpc) is 3.27. The van der Waals surface area contributed by atoms with Gasteiger partial charge in [0.1, 0.15) is 18.1 Å². The summed E-state index contributed by atoms with van der Waals surface area (Å²) in [7, 11) is 3.12. The van der Waals surface area contributed by atoms with Gasteiger partial charge in [-0.1, -0.05) is 0 Å². The second-order valence-electron chi connectivity index (χ2n) is 6.42. The third-order valence-corrected chi connectivity index (χ3v) is 4.83. The molecule has 3 N–H and O–H groups in total. The average molecular weight is 383 g/mol. The molecule has 0 amide bonds. The summed E-state index contributed by atoms with van der Waals surface area (Å²) in [6.45, 7) is 1.77. The van der Waals surface area contributed by atoms with E-state index in [1.807, 2.05) is 4.90 Å². The minimum Gasteiger partial charge on any atom is -0.493 e. The first-order valence-corrected chi connectivity index (χ1v) is 8.85. The number of furan rings is 1. The van der Waals surface area contributed by atoms with E-state index >= 15 is 0 Å². The smallest absolute Gasteiger partial charge is 0.228 e. The predicted molar refractivity (Wildman–Crippen MR) is 104 cm³/mol. The SMILES string of the molecule is COc1cc2nc(N3CCNCC3C(=O)c3ccoc3)nc(N)c2cc1OC. The van der Waals surface area contributed by atoms with Crippen LogP contribution >= 0.6 is 0 Å². The van der Waals surface area contributed by atoms with Crippen LogP contribution in [0.4, 0.5) is 11.8 Å². The van der Waals surface area contributed by atoms with Crippen LogP contribution in [-0.2, 0) is 0 Å². The number of Topliss-reactive ketones (excluding diaryl/α,β-unsaturated/α-hetero) is 1. The number of ketones is 1. The second kappa shape index (κ2) is 7.35. The summed E-state index contributed by atoms with van der Waals surface area (Å²) in [5, 5.41) is 3.91. The van der Waals surface area contributed by atoms with Crippen LogP contribution in [0, 0.1) is 0 Å². The fraction of sp³-hybridized carbons (Fsp3) is 0.316. The van der Waals surface area contributed by atoms with E-state index in [0.29, 0.717) is 59.4 Å². The lowest BCUT2D eigenvalue weighted by Crippen LogP contribution is -2.55. The Morgan fingerprint density at radius 1 is 1.29 bits per heavy atom. The quantitative estimate of drug-likeness (QED) is 0.632. The number of piperazine rings is 1. The Balaban J connectivity index is 1.77. The number of benzene rings is 1. The zero-order chi connectivity index (χ0) is 19.7. The van der Waals surface area contributed by atoms with Crippen LogP contribution in [0.15, 0.2) is 35.1 Å². The van der Waals surface area contributed by atoms with E-state index in [4.69, 9.17) is 19.6 Å². The first-order valence-electron chi connectivity index (χ1n) is 8.85. The molecule has 3 aromatic rings. The first kappa shape index (κ1) is 18.1. The van der Waals surface area contributed by atoms with Gasteiger partial charge in [0.05, 0.1) is 31.6 Å². The first-order chi connectivity index (χ1) is 13.6. The Morgan fingerprint density at radius 3 is 2.79 bits per heavy atom. The zero-order valence-electron chi connectivity index (χ0n) is 15.6. The summed E-state index contributed by atoms with van der Waals surface area (Å²) in [4.78, 5) is 23.9. The van der Waals surface area contributed by atoms with E-state index in [1.54, 1.807) is 32.4 Å². The number of hydrogen-bond donors (Lipinski definition) is 2. The van der Waals surface area contributed by atoms with Crippen molar-refractivity contribution in [1.29, 1.82) is 0 Å². The molecule has 4 rings (SSSR count). The molecule has 1 saturated heterocycles. The van der Waals surface area contributed by atoms with Gasteiger partial charge in [-0.15, -0.1) is 0 Å². The number of rotatable bonds is 5. The van der Waals surface area contributed by atoms with Gasteiger partial charge in [0.2, 0.25) is 5.95 Å². The van der Waals surface area contributed by atoms with E-state index < -0.39 is 6.04 Å². The lowest BCUT2D eigenvalue weighted by molar-refractivity contribution is 0.0949. The summed E-state index contributed by atoms with van der Waals surface area (Å²) in [5.74, 6) is 1.75. The maximum Gasteiger partial charge on any atom is 0.228 e. The largest absolute Gasteiger partial charge is 0.493 e. The topological polar surface area (TPSA) is 116 Å². The number of hydrogen-bond acceptors (Lipinski definition) is 9. The van der Waals surface area contributed by atoms with E-state index in [9.17, 15) is 4.79 Å². The van der Waals surface area contributed by atoms with Gasteiger partial charge in [-0.05, 0) is 12.1 Å². The molecule has 1 fully saturated rings. The fourth-order valence-electron chi connectivity index (χ4n) is 3.37. The number of nitrogen functional groups attached to an aromatic ring is 1. The van der Waals surface area contributed by atoms with Crippen LogP contribution in [0.25, 0.3) is 10.9 Å². The number of nitrogens with one attached hydrogen (secondary N) is 1. The molecule has 0 aliphatic carbocycles. The van der Waals surface area contributed by atoms with Crippen molar-refractivity contribution in [3.05, 3.63) is 36.3 Å². The molecule has 146 valence electrons. The molecule has 2 aromatic heterocycles. The fourth-order valence-corrected chi connectivity index (χ4v) is 3.37. The molecule has 1 aliphatic heterocycles. The van der Waals surface area contributed by atoms with Crippen molar-refractivity contribution in [1.82, 2.24) is 15.3 Å². The number of nitrogens with two attached hydrogens (primary N) is 1. The molecule has 0 spiro atoms. The lowest BCUT2D eigenvalue weighted by atomic mass is 10.0. The molecular formula is C19H21N5O4. The monoisotopic (exact) mass is 383 g/mol. The van der Waals surface area contributed by atoms with Crippen molar-refractivity contribution < 1.29 is 18.7 Å². The molecule has 1 aromatic carbocycles. The van der Waals surface area contributed by atoms with Gasteiger partial charge in [0, 0.05) is 31.1 Å². The van der Waals surface area contributed by atoms with Crippen molar-refractivity contribution in [3.63, 3.8) is 0 Å². The number of nitrogens with zero attached hydrogens (tertiary/aromatic N) is 3. The molecule has 3 heterocycles. The Hall–Kier alpha value is -3.33. The highest BCUT2D eigenvalue weighted by atomic mass is 16.5. The van der Waals surface area contributed by atoms with Crippen molar-refractivity contribution in [2.45, 2.75) is 6.04 Å². The molecule has 1 atom stereocenters. The molecule has 9 heteroatoms. The number of ether oxygens (including phenoxy) is 2. The highest BCUT2D eigenvalue weighted by Crippen LogP contribution is 2.34. The van der Waals surface area contributed by atoms with Crippen LogP contribution < -0.4 is 25.4 Å². The number of carbonyl (C=O) groups is 1. The van der Waals surface area contributed by atoms with Gasteiger partial charge in [0.25, 0.3) is 0 Å². The standard InChI is InChI=1S/C19H21N5O4/c1-26-15-7-12-13(8-16(15)27-2)22-19(23-18(12)20)24-5-4-21-9-14(24)17(25)11-3-6-28-10-11/h3,6-8,10,14,21H,4-5,9H2,1-2H3,(H2,20,22,23). The normalized spacial score (nSPS) is 16.9. The van der Waals surface area contributed by atoms with Crippen molar-refractivity contribution >= 4 is 28.5 Å². The van der Waals surface area contributed by atoms with Crippen LogP contribution in [-0.4, -0.2) is 55.6 Å². The van der Waals surface area contributed by atoms with Gasteiger partial charge < -0.3 is 29.8 Å². The summed E-state index contributed by atoms with van der Waals surface area (Å²) in [6, 6.07) is 4.70. The summed E-state index contributed by atoms with van der Waals surface area (Å²) in [6.07, 6.45) is 2.93. The van der Waals surface area contributed by atoms with Crippen LogP contribution in [0.1, 0.15) is 10.4 Å². The van der Waals surface area contributed by atoms with Crippen molar-refractivity contribution in [3.8, 4) is 11.5 Å². The van der Waals surface area contributed by atoms with E-state index in [1.165, 1.54) is 12.5 Å². The van der Waals surface area contributed by atoms with Crippen molar-refractivity contribution in [2.24, 2.45) is 0 Å². The van der Waals surface area contributed by atoms with E-state index in [-0.39, 0.29) is 5.78 Å². The molecule has 9 nitrogen and oxygen atoms in total. The number of aromatic nitrogens is 2. The third-order valence-electron chi connectivity index (χ3n) is 4.83. The van der Waals surface area contributed by atoms with Crippen molar-refractivity contribution in [2.75, 3.05) is 44.5 Å². The molecule has 0 bridgehead atoms. The Labute approximate surface area is 161 Å². The minimum absolute atomic E-state index is 0.0597. The number of anilines is 2. The highest BCUT2D eigenvalue weighted by molar-refractivity contribution is 6.02. The summed E-state index contributed by atoms with van der Waals surface area (Å²) in [5.41, 5.74) is 7.34. The summed E-state index contributed by atoms with van der Waals surface area (Å²) < 4.78 is 15.7. The molecule has 28 heavy (non-hydrogen) atoms. The van der Waals surface area contributed by atoms with Gasteiger partial charge in [-0.2, -0.15) is 4.98 Å². The maximum atomic E-state index is 12.9. The predicted octanol–water partition coefficient (Wildman–Crippen LogP) is 1.48. The molecular weight excluding hydrogens is 362 g/mol. The summed E-state index contributed by atoms with van der Waals surface area (Å²) >= 11 is 0. The second-order valence-corrected chi connectivity index (χ2v) is 6.42. The van der Waals surface area contributed by atoms with E-state index in [0.717, 1.165) is 0 Å². The van der Waals surface area contributed by atoms with Crippen LogP contribution in [0.5, 0.6) is 11.5 Å². The number of methoxy groups -OCH3 is 2. The highest BCUT2D eigenvalue weighted by Gasteiger charge is 2.32. The van der Waals surface area contributed by atoms with Gasteiger partial charge >= 0.3 is 0 Å². The molecule has 1 unspecified atom stereocenters. The Kier molecular flexibility index (Phi) is 4.74. The van der Waals surface area contributed by atoms with Crippen LogP contribution in [0.3, 0.4) is 0 Å².